The van der Waals surface area contributed by atoms with E-state index in [0.29, 0.717) is 0 Å². The van der Waals surface area contributed by atoms with Crippen LogP contribution in [0.15, 0.2) is 18.2 Å². The van der Waals surface area contributed by atoms with Gasteiger partial charge in [0, 0.05) is 12.6 Å². The van der Waals surface area contributed by atoms with Crippen molar-refractivity contribution >= 4 is 11.7 Å². The number of non-ortho nitro benzene ring substituents is 1. The van der Waals surface area contributed by atoms with Gasteiger partial charge in [-0.15, -0.1) is 5.10 Å². The molecule has 0 aliphatic rings. The highest BCUT2D eigenvalue weighted by Gasteiger charge is 2.18. The summed E-state index contributed by atoms with van der Waals surface area (Å²) < 4.78 is 14.5. The smallest absolute Gasteiger partial charge is 0.358 e. The summed E-state index contributed by atoms with van der Waals surface area (Å²) in [6.07, 6.45) is 0. The largest absolute Gasteiger partial charge is 0.476 e. The fourth-order valence-corrected chi connectivity index (χ4v) is 1.83. The van der Waals surface area contributed by atoms with Crippen molar-refractivity contribution in [2.45, 2.75) is 13.1 Å². The topological polar surface area (TPSA) is 137 Å². The van der Waals surface area contributed by atoms with Gasteiger partial charge >= 0.3 is 5.97 Å². The Morgan fingerprint density at radius 3 is 2.76 bits per heavy atom. The number of nitrogens with two attached hydrogens (primary N) is 1. The maximum atomic E-state index is 13.3. The van der Waals surface area contributed by atoms with Crippen LogP contribution in [-0.2, 0) is 13.1 Å². The molecule has 0 saturated heterocycles. The van der Waals surface area contributed by atoms with Crippen molar-refractivity contribution in [3.05, 3.63) is 51.1 Å². The van der Waals surface area contributed by atoms with E-state index in [2.05, 4.69) is 10.3 Å². The number of aromatic carboxylic acids is 1. The first kappa shape index (κ1) is 14.5. The molecule has 1 heterocycles. The number of hydrogen-bond donors (Lipinski definition) is 2. The zero-order valence-electron chi connectivity index (χ0n) is 10.6. The summed E-state index contributed by atoms with van der Waals surface area (Å²) in [4.78, 5) is 20.9. The molecule has 0 spiro atoms. The number of nitro benzene ring substituents is 1. The third-order valence-electron chi connectivity index (χ3n) is 2.72. The Morgan fingerprint density at radius 2 is 2.19 bits per heavy atom. The number of aromatic nitrogens is 3. The second-order valence-electron chi connectivity index (χ2n) is 4.13. The molecule has 0 fully saturated rings. The van der Waals surface area contributed by atoms with E-state index in [9.17, 15) is 19.3 Å². The fraction of sp³-hybridized carbons (Fsp3) is 0.182. The van der Waals surface area contributed by atoms with Crippen LogP contribution in [0, 0.1) is 15.9 Å². The molecule has 3 N–H and O–H groups in total. The van der Waals surface area contributed by atoms with Crippen LogP contribution >= 0.6 is 0 Å². The van der Waals surface area contributed by atoms with E-state index in [1.54, 1.807) is 0 Å². The Balaban J connectivity index is 2.38. The van der Waals surface area contributed by atoms with Gasteiger partial charge in [0.15, 0.2) is 5.69 Å². The monoisotopic (exact) mass is 295 g/mol. The van der Waals surface area contributed by atoms with Crippen LogP contribution in [0.25, 0.3) is 0 Å². The molecule has 2 aromatic rings. The highest BCUT2D eigenvalue weighted by molar-refractivity contribution is 5.86. The van der Waals surface area contributed by atoms with Gasteiger partial charge in [-0.1, -0.05) is 5.21 Å². The van der Waals surface area contributed by atoms with Crippen LogP contribution in [0.5, 0.6) is 0 Å². The Hall–Kier alpha value is -2.88. The lowest BCUT2D eigenvalue weighted by Crippen LogP contribution is -2.13. The van der Waals surface area contributed by atoms with Gasteiger partial charge in [0.1, 0.15) is 5.82 Å². The lowest BCUT2D eigenvalue weighted by molar-refractivity contribution is -0.385. The summed E-state index contributed by atoms with van der Waals surface area (Å²) in [5.41, 5.74) is 5.14. The molecule has 9 nitrogen and oxygen atoms in total. The minimum absolute atomic E-state index is 0.0780. The van der Waals surface area contributed by atoms with Gasteiger partial charge in [-0.05, 0) is 11.6 Å². The molecule has 0 radical (unpaired) electrons. The van der Waals surface area contributed by atoms with Crippen LogP contribution in [0.3, 0.4) is 0 Å². The lowest BCUT2D eigenvalue weighted by Gasteiger charge is -2.05. The quantitative estimate of drug-likeness (QED) is 0.606. The summed E-state index contributed by atoms with van der Waals surface area (Å²) in [6.45, 7) is -0.211. The predicted molar refractivity (Wildman–Crippen MR) is 67.0 cm³/mol. The van der Waals surface area contributed by atoms with Crippen molar-refractivity contribution in [1.82, 2.24) is 15.0 Å². The molecule has 0 saturated carbocycles. The average molecular weight is 295 g/mol. The molecule has 1 aromatic carbocycles. The minimum atomic E-state index is -1.29. The third-order valence-corrected chi connectivity index (χ3v) is 2.72. The molecule has 2 rings (SSSR count). The van der Waals surface area contributed by atoms with E-state index >= 15 is 0 Å². The van der Waals surface area contributed by atoms with Crippen LogP contribution < -0.4 is 5.73 Å². The van der Waals surface area contributed by atoms with Gasteiger partial charge in [-0.2, -0.15) is 0 Å². The maximum Gasteiger partial charge on any atom is 0.358 e. The van der Waals surface area contributed by atoms with Crippen molar-refractivity contribution < 1.29 is 19.2 Å². The van der Waals surface area contributed by atoms with Gasteiger partial charge in [0.25, 0.3) is 5.69 Å². The maximum absolute atomic E-state index is 13.3. The fourth-order valence-electron chi connectivity index (χ4n) is 1.83. The highest BCUT2D eigenvalue weighted by atomic mass is 19.1. The number of carboxylic acid groups (broad SMARTS) is 1. The highest BCUT2D eigenvalue weighted by Crippen LogP contribution is 2.18. The van der Waals surface area contributed by atoms with E-state index in [1.165, 1.54) is 10.7 Å². The molecule has 0 atom stereocenters. The van der Waals surface area contributed by atoms with Crippen LogP contribution in [0.2, 0.25) is 0 Å². The van der Waals surface area contributed by atoms with E-state index in [-0.39, 0.29) is 30.0 Å². The Kier molecular flexibility index (Phi) is 3.89. The van der Waals surface area contributed by atoms with Gasteiger partial charge < -0.3 is 10.8 Å². The number of nitrogens with zero attached hydrogens (tertiary/aromatic N) is 4. The summed E-state index contributed by atoms with van der Waals surface area (Å²) >= 11 is 0. The summed E-state index contributed by atoms with van der Waals surface area (Å²) in [5, 5.41) is 26.7. The molecule has 21 heavy (non-hydrogen) atoms. The first-order chi connectivity index (χ1) is 9.92. The number of carboxylic acids is 1. The van der Waals surface area contributed by atoms with Gasteiger partial charge in [0.2, 0.25) is 0 Å². The molecule has 0 aliphatic carbocycles. The van der Waals surface area contributed by atoms with Crippen molar-refractivity contribution in [2.75, 3.05) is 0 Å². The van der Waals surface area contributed by atoms with E-state index in [1.807, 2.05) is 0 Å². The molecule has 1 aromatic heterocycles. The molecule has 110 valence electrons. The Morgan fingerprint density at radius 1 is 1.48 bits per heavy atom. The standard InChI is InChI=1S/C11H10FN5O4/c12-7-1-6(2-8(3-7)17(20)21)5-16-9(4-13)10(11(18)19)14-15-16/h1-3H,4-5,13H2,(H,18,19). The lowest BCUT2D eigenvalue weighted by atomic mass is 10.2. The zero-order chi connectivity index (χ0) is 15.6. The SMILES string of the molecule is NCc1c(C(=O)O)nnn1Cc1cc(F)cc([N+](=O)[O-])c1. The number of hydrogen-bond acceptors (Lipinski definition) is 6. The Labute approximate surface area is 116 Å². The van der Waals surface area contributed by atoms with Gasteiger partial charge in [-0.3, -0.25) is 10.1 Å². The molecule has 0 unspecified atom stereocenters. The molecular weight excluding hydrogens is 285 g/mol. The molecular formula is C11H10FN5O4. The number of carbonyl (C=O) groups is 1. The number of halogens is 1. The van der Waals surface area contributed by atoms with Crippen molar-refractivity contribution in [3.63, 3.8) is 0 Å². The number of rotatable bonds is 5. The van der Waals surface area contributed by atoms with E-state index < -0.39 is 22.4 Å². The number of nitro groups is 1. The third kappa shape index (κ3) is 3.00. The van der Waals surface area contributed by atoms with Crippen LogP contribution in [-0.4, -0.2) is 31.0 Å². The zero-order valence-corrected chi connectivity index (χ0v) is 10.6. The van der Waals surface area contributed by atoms with Crippen molar-refractivity contribution in [3.8, 4) is 0 Å². The first-order valence-corrected chi connectivity index (χ1v) is 5.72. The second-order valence-corrected chi connectivity index (χ2v) is 4.13. The van der Waals surface area contributed by atoms with E-state index in [4.69, 9.17) is 10.8 Å². The Bertz CT molecular complexity index is 715. The van der Waals surface area contributed by atoms with Crippen LogP contribution in [0.4, 0.5) is 10.1 Å². The van der Waals surface area contributed by atoms with Gasteiger partial charge in [0.05, 0.1) is 23.2 Å². The van der Waals surface area contributed by atoms with Crippen LogP contribution in [0.1, 0.15) is 21.7 Å². The normalized spacial score (nSPS) is 10.6. The predicted octanol–water partition coefficient (Wildman–Crippen LogP) is 0.531. The summed E-state index contributed by atoms with van der Waals surface area (Å²) in [6, 6.07) is 3.05. The molecule has 0 aliphatic heterocycles. The average Bonchev–Trinajstić information content (AvgIpc) is 2.80. The molecule has 0 amide bonds. The summed E-state index contributed by atoms with van der Waals surface area (Å²) in [5.74, 6) is -2.06. The van der Waals surface area contributed by atoms with Crippen molar-refractivity contribution in [1.29, 1.82) is 0 Å². The van der Waals surface area contributed by atoms with Gasteiger partial charge in [-0.25, -0.2) is 13.9 Å². The minimum Gasteiger partial charge on any atom is -0.476 e. The number of benzene rings is 1. The summed E-state index contributed by atoms with van der Waals surface area (Å²) in [7, 11) is 0. The van der Waals surface area contributed by atoms with E-state index in [0.717, 1.165) is 12.1 Å². The first-order valence-electron chi connectivity index (χ1n) is 5.72. The molecule has 0 bridgehead atoms. The molecule has 10 heteroatoms. The van der Waals surface area contributed by atoms with Crippen molar-refractivity contribution in [2.24, 2.45) is 5.73 Å². The second kappa shape index (κ2) is 5.63.